The molecule has 0 spiro atoms. The molecule has 0 saturated carbocycles. The second kappa shape index (κ2) is 31.9. The molecule has 16 nitrogen and oxygen atoms in total. The van der Waals surface area contributed by atoms with Crippen LogP contribution in [0.2, 0.25) is 0 Å². The predicted octanol–water partition coefficient (Wildman–Crippen LogP) is 4.43. The molecule has 0 saturated heterocycles. The molecule has 0 bridgehead atoms. The summed E-state index contributed by atoms with van der Waals surface area (Å²) in [5.74, 6) is -1.29. The summed E-state index contributed by atoms with van der Waals surface area (Å²) in [4.78, 5) is 46.5. The smallest absolute Gasteiger partial charge is 0.408 e. The van der Waals surface area contributed by atoms with E-state index in [9.17, 15) is 29.4 Å². The van der Waals surface area contributed by atoms with Crippen LogP contribution in [0.1, 0.15) is 38.8 Å². The van der Waals surface area contributed by atoms with Crippen molar-refractivity contribution in [3.8, 4) is 0 Å². The van der Waals surface area contributed by atoms with Crippen LogP contribution < -0.4 is 10.6 Å². The second-order valence-electron chi connectivity index (χ2n) is 12.4. The Kier molecular flexibility index (Phi) is 29.1. The zero-order valence-corrected chi connectivity index (χ0v) is 34.5. The highest BCUT2D eigenvalue weighted by Crippen LogP contribution is 2.09. The molecule has 0 aliphatic heterocycles. The Bertz CT molecular complexity index is 1470. The molecule has 0 fully saturated rings. The van der Waals surface area contributed by atoms with E-state index in [1.165, 1.54) is 45.4 Å². The Morgan fingerprint density at radius 1 is 0.655 bits per heavy atom. The number of hydrogen-bond acceptors (Lipinski definition) is 14. The van der Waals surface area contributed by atoms with E-state index in [4.69, 9.17) is 28.4 Å². The molecule has 4 N–H and O–H groups in total. The highest BCUT2D eigenvalue weighted by molar-refractivity contribution is 5.83. The fourth-order valence-electron chi connectivity index (χ4n) is 3.93. The minimum atomic E-state index is -1.34. The van der Waals surface area contributed by atoms with Crippen LogP contribution in [0.5, 0.6) is 0 Å². The van der Waals surface area contributed by atoms with Gasteiger partial charge in [-0.3, -0.25) is 0 Å². The summed E-state index contributed by atoms with van der Waals surface area (Å²) >= 11 is 0. The number of amides is 2. The van der Waals surface area contributed by atoms with E-state index in [-0.39, 0.29) is 26.4 Å². The van der Waals surface area contributed by atoms with E-state index < -0.39 is 47.4 Å². The average molecular weight is 819 g/mol. The Morgan fingerprint density at radius 2 is 1.05 bits per heavy atom. The van der Waals surface area contributed by atoms with Crippen molar-refractivity contribution in [3.63, 3.8) is 0 Å². The van der Waals surface area contributed by atoms with Crippen LogP contribution in [0, 0.1) is 0 Å². The Balaban J connectivity index is 0.000000925. The van der Waals surface area contributed by atoms with E-state index in [1.807, 2.05) is 74.5 Å². The summed E-state index contributed by atoms with van der Waals surface area (Å²) in [5, 5.41) is 24.4. The highest BCUT2D eigenvalue weighted by atomic mass is 16.6. The van der Waals surface area contributed by atoms with Crippen LogP contribution in [0.25, 0.3) is 0 Å². The molecular weight excluding hydrogens is 756 g/mol. The lowest BCUT2D eigenvalue weighted by Crippen LogP contribution is -2.41. The lowest BCUT2D eigenvalue weighted by molar-refractivity contribution is -0.142. The number of nitrogens with one attached hydrogen (secondary N) is 2. The molecule has 4 atom stereocenters. The van der Waals surface area contributed by atoms with Gasteiger partial charge in [0.25, 0.3) is 0 Å². The molecule has 2 rings (SSSR count). The molecule has 0 radical (unpaired) electrons. The Labute approximate surface area is 342 Å². The van der Waals surface area contributed by atoms with E-state index in [2.05, 4.69) is 33.3 Å². The Morgan fingerprint density at radius 3 is 1.45 bits per heavy atom. The van der Waals surface area contributed by atoms with Crippen LogP contribution in [0.3, 0.4) is 0 Å². The van der Waals surface area contributed by atoms with Crippen LogP contribution >= 0.6 is 0 Å². The molecule has 324 valence electrons. The quantitative estimate of drug-likeness (QED) is 0.0501. The lowest BCUT2D eigenvalue weighted by atomic mass is 10.1. The molecule has 2 aromatic carbocycles. The maximum atomic E-state index is 12.0. The number of rotatable bonds is 24. The van der Waals surface area contributed by atoms with E-state index in [1.54, 1.807) is 6.92 Å². The van der Waals surface area contributed by atoms with Crippen molar-refractivity contribution in [2.45, 2.75) is 64.2 Å². The third-order valence-electron chi connectivity index (χ3n) is 7.15. The van der Waals surface area contributed by atoms with Gasteiger partial charge in [-0.2, -0.15) is 0 Å². The molecule has 0 heterocycles. The van der Waals surface area contributed by atoms with Gasteiger partial charge in [-0.05, 0) is 38.8 Å². The fraction of sp³-hybridized carbons (Fsp3) is 0.476. The molecule has 0 aliphatic carbocycles. The lowest BCUT2D eigenvalue weighted by Gasteiger charge is -2.20. The van der Waals surface area contributed by atoms with E-state index in [0.717, 1.165) is 11.1 Å². The maximum absolute atomic E-state index is 12.0. The molecule has 0 aromatic heterocycles. The first kappa shape index (κ1) is 52.9. The number of esters is 2. The van der Waals surface area contributed by atoms with Crippen molar-refractivity contribution >= 4 is 24.1 Å². The molecule has 2 amide bonds. The molecule has 16 heteroatoms. The number of aliphatic hydroxyl groups is 2. The van der Waals surface area contributed by atoms with Crippen LogP contribution in [0.15, 0.2) is 98.1 Å². The van der Waals surface area contributed by atoms with Crippen LogP contribution in [-0.4, -0.2) is 125 Å². The zero-order valence-electron chi connectivity index (χ0n) is 34.5. The third-order valence-corrected chi connectivity index (χ3v) is 7.15. The van der Waals surface area contributed by atoms with Gasteiger partial charge in [-0.25, -0.2) is 19.2 Å². The van der Waals surface area contributed by atoms with Gasteiger partial charge >= 0.3 is 24.1 Å². The number of hydrogen-bond donors (Lipinski definition) is 4. The fourth-order valence-corrected chi connectivity index (χ4v) is 3.93. The first-order valence-electron chi connectivity index (χ1n) is 18.5. The summed E-state index contributed by atoms with van der Waals surface area (Å²) in [7, 11) is 2.44. The van der Waals surface area contributed by atoms with Crippen molar-refractivity contribution in [2.75, 3.05) is 67.1 Å². The molecular formula is C42H62N2O14. The van der Waals surface area contributed by atoms with Crippen molar-refractivity contribution in [2.24, 2.45) is 0 Å². The van der Waals surface area contributed by atoms with Crippen molar-refractivity contribution in [1.29, 1.82) is 0 Å². The van der Waals surface area contributed by atoms with Gasteiger partial charge in [0.15, 0.2) is 0 Å². The SMILES string of the molecule is C=CC(C)(O)COCCOCC.C=C[C@H](NC(=O)OCc1ccccc1)C(=O)OC.CCOCCOCC(C)(O)/C=C/C(NC(=O)OCc1ccccc1)C(=O)OC. The summed E-state index contributed by atoms with van der Waals surface area (Å²) in [6.45, 7) is 17.5. The maximum Gasteiger partial charge on any atom is 0.408 e. The van der Waals surface area contributed by atoms with Gasteiger partial charge < -0.3 is 58.7 Å². The number of alkyl carbamates (subject to hydrolysis) is 2. The zero-order chi connectivity index (χ0) is 43.7. The van der Waals surface area contributed by atoms with Crippen molar-refractivity contribution < 1.29 is 67.3 Å². The summed E-state index contributed by atoms with van der Waals surface area (Å²) in [5.41, 5.74) is -0.587. The van der Waals surface area contributed by atoms with Gasteiger partial charge in [-0.1, -0.05) is 85.0 Å². The molecule has 0 aliphatic rings. The number of carbonyl (C=O) groups is 4. The summed E-state index contributed by atoms with van der Waals surface area (Å²) in [6, 6.07) is 16.3. The second-order valence-corrected chi connectivity index (χ2v) is 12.4. The van der Waals surface area contributed by atoms with E-state index >= 15 is 0 Å². The first-order chi connectivity index (χ1) is 27.7. The minimum absolute atomic E-state index is 0.00290. The topological polar surface area (TPSA) is 207 Å². The third kappa shape index (κ3) is 27.5. The monoisotopic (exact) mass is 818 g/mol. The number of benzene rings is 2. The van der Waals surface area contributed by atoms with Crippen LogP contribution in [0.4, 0.5) is 9.59 Å². The number of methoxy groups -OCH3 is 2. The number of ether oxygens (including phenoxy) is 8. The Hall–Kier alpha value is -5.10. The van der Waals surface area contributed by atoms with Gasteiger partial charge in [0.2, 0.25) is 0 Å². The van der Waals surface area contributed by atoms with Gasteiger partial charge in [-0.15, -0.1) is 13.2 Å². The van der Waals surface area contributed by atoms with Gasteiger partial charge in [0.05, 0.1) is 53.9 Å². The standard InChI is InChI=1S/C20H29NO7.C13H15NO4.C9H18O3/c1-4-26-12-13-27-15-20(2,24)11-10-17(18(22)25-3)21-19(23)28-14-16-8-6-5-7-9-16;1-3-11(12(15)17-2)14-13(16)18-9-10-7-5-4-6-8-10;1-4-9(3,10)8-12-7-6-11-5-2/h5-11,17,24H,4,12-15H2,1-3H3,(H,21,23);3-8,11H,1,9H2,2H3,(H,14,16);4,10H,1,5-8H2,2-3H3/b11-10+;;/t;11-;/m.0./s1. The highest BCUT2D eigenvalue weighted by Gasteiger charge is 2.23. The summed E-state index contributed by atoms with van der Waals surface area (Å²) < 4.78 is 39.9. The minimum Gasteiger partial charge on any atom is -0.467 e. The number of carbonyl (C=O) groups excluding carboxylic acids is 4. The van der Waals surface area contributed by atoms with Crippen LogP contribution in [-0.2, 0) is 60.7 Å². The van der Waals surface area contributed by atoms with Crippen molar-refractivity contribution in [1.82, 2.24) is 10.6 Å². The predicted molar refractivity (Wildman–Crippen MR) is 217 cm³/mol. The molecule has 2 aromatic rings. The normalized spacial score (nSPS) is 13.6. The van der Waals surface area contributed by atoms with Crippen molar-refractivity contribution in [3.05, 3.63) is 109 Å². The first-order valence-corrected chi connectivity index (χ1v) is 18.5. The van der Waals surface area contributed by atoms with E-state index in [0.29, 0.717) is 39.6 Å². The average Bonchev–Trinajstić information content (AvgIpc) is 3.23. The summed E-state index contributed by atoms with van der Waals surface area (Å²) in [6.07, 6.45) is 3.96. The molecule has 58 heavy (non-hydrogen) atoms. The van der Waals surface area contributed by atoms with Gasteiger partial charge in [0.1, 0.15) is 36.5 Å². The largest absolute Gasteiger partial charge is 0.467 e. The van der Waals surface area contributed by atoms with Gasteiger partial charge in [0, 0.05) is 13.2 Å². The molecule has 3 unspecified atom stereocenters.